The summed E-state index contributed by atoms with van der Waals surface area (Å²) in [6.07, 6.45) is 4.79. The molecule has 0 aliphatic carbocycles. The lowest BCUT2D eigenvalue weighted by molar-refractivity contribution is -0.130. The van der Waals surface area contributed by atoms with Gasteiger partial charge in [-0.1, -0.05) is 12.8 Å². The van der Waals surface area contributed by atoms with Gasteiger partial charge in [-0.05, 0) is 31.0 Å². The second-order valence-electron chi connectivity index (χ2n) is 6.64. The van der Waals surface area contributed by atoms with Gasteiger partial charge in [-0.2, -0.15) is 0 Å². The Morgan fingerprint density at radius 2 is 1.89 bits per heavy atom. The van der Waals surface area contributed by atoms with Gasteiger partial charge in [0.15, 0.2) is 16.6 Å². The number of anilines is 1. The van der Waals surface area contributed by atoms with Gasteiger partial charge in [-0.3, -0.25) is 14.9 Å². The molecule has 2 aromatic rings. The number of carbonyl (C=O) groups excluding carboxylic acids is 2. The summed E-state index contributed by atoms with van der Waals surface area (Å²) in [5, 5.41) is 5.09. The first-order chi connectivity index (χ1) is 13.2. The van der Waals surface area contributed by atoms with E-state index in [9.17, 15) is 9.59 Å². The van der Waals surface area contributed by atoms with Gasteiger partial charge in [0.2, 0.25) is 12.7 Å². The number of nitrogens with one attached hydrogen (secondary N) is 1. The zero-order chi connectivity index (χ0) is 18.6. The number of carbonyl (C=O) groups is 2. The summed E-state index contributed by atoms with van der Waals surface area (Å²) in [5.74, 6) is 1.03. The van der Waals surface area contributed by atoms with Crippen LogP contribution in [0.25, 0.3) is 0 Å². The summed E-state index contributed by atoms with van der Waals surface area (Å²) in [7, 11) is 0. The number of hydrogen-bond acceptors (Lipinski definition) is 6. The second kappa shape index (κ2) is 7.96. The van der Waals surface area contributed by atoms with Crippen molar-refractivity contribution in [3.8, 4) is 11.5 Å². The van der Waals surface area contributed by atoms with Gasteiger partial charge < -0.3 is 14.4 Å². The van der Waals surface area contributed by atoms with Crippen LogP contribution in [0, 0.1) is 0 Å². The fraction of sp³-hybridized carbons (Fsp3) is 0.421. The van der Waals surface area contributed by atoms with E-state index >= 15 is 0 Å². The zero-order valence-corrected chi connectivity index (χ0v) is 15.7. The van der Waals surface area contributed by atoms with Crippen LogP contribution in [-0.4, -0.2) is 41.6 Å². The van der Waals surface area contributed by atoms with Crippen LogP contribution in [0.1, 0.15) is 41.7 Å². The van der Waals surface area contributed by atoms with E-state index in [1.54, 1.807) is 18.2 Å². The van der Waals surface area contributed by atoms with Crippen LogP contribution in [-0.2, 0) is 11.2 Å². The van der Waals surface area contributed by atoms with Crippen molar-refractivity contribution < 1.29 is 19.1 Å². The Morgan fingerprint density at radius 1 is 1.11 bits per heavy atom. The smallest absolute Gasteiger partial charge is 0.257 e. The van der Waals surface area contributed by atoms with Crippen molar-refractivity contribution in [2.75, 3.05) is 25.2 Å². The lowest BCUT2D eigenvalue weighted by atomic mass is 10.2. The van der Waals surface area contributed by atoms with Crippen LogP contribution in [0.5, 0.6) is 11.5 Å². The summed E-state index contributed by atoms with van der Waals surface area (Å²) in [6.45, 7) is 1.83. The van der Waals surface area contributed by atoms with E-state index in [0.717, 1.165) is 25.9 Å². The van der Waals surface area contributed by atoms with E-state index in [1.165, 1.54) is 24.2 Å². The molecule has 2 aliphatic heterocycles. The number of hydrogen-bond donors (Lipinski definition) is 1. The highest BCUT2D eigenvalue weighted by molar-refractivity contribution is 7.14. The fourth-order valence-corrected chi connectivity index (χ4v) is 3.94. The summed E-state index contributed by atoms with van der Waals surface area (Å²) >= 11 is 1.32. The molecule has 4 rings (SSSR count). The Bertz CT molecular complexity index is 843. The number of amides is 2. The van der Waals surface area contributed by atoms with Crippen molar-refractivity contribution in [2.24, 2.45) is 0 Å². The predicted octanol–water partition coefficient (Wildman–Crippen LogP) is 3.07. The van der Waals surface area contributed by atoms with E-state index in [-0.39, 0.29) is 25.0 Å². The van der Waals surface area contributed by atoms with Crippen LogP contribution < -0.4 is 14.8 Å². The van der Waals surface area contributed by atoms with Crippen LogP contribution in [0.15, 0.2) is 23.6 Å². The first-order valence-electron chi connectivity index (χ1n) is 9.12. The van der Waals surface area contributed by atoms with E-state index in [2.05, 4.69) is 10.3 Å². The van der Waals surface area contributed by atoms with Crippen LogP contribution in [0.2, 0.25) is 0 Å². The summed E-state index contributed by atoms with van der Waals surface area (Å²) < 4.78 is 10.5. The van der Waals surface area contributed by atoms with E-state index in [4.69, 9.17) is 9.47 Å². The SMILES string of the molecule is O=C(Nc1nc(CC(=O)N2CCCCCC2)cs1)c1ccc2c(c1)OCO2. The maximum atomic E-state index is 12.5. The molecule has 0 saturated carbocycles. The second-order valence-corrected chi connectivity index (χ2v) is 7.50. The quantitative estimate of drug-likeness (QED) is 0.872. The van der Waals surface area contributed by atoms with Crippen molar-refractivity contribution in [1.82, 2.24) is 9.88 Å². The molecule has 1 aromatic heterocycles. The van der Waals surface area contributed by atoms with Gasteiger partial charge in [-0.15, -0.1) is 11.3 Å². The molecule has 7 nitrogen and oxygen atoms in total. The monoisotopic (exact) mass is 387 g/mol. The third kappa shape index (κ3) is 4.21. The largest absolute Gasteiger partial charge is 0.454 e. The lowest BCUT2D eigenvalue weighted by Gasteiger charge is -2.19. The topological polar surface area (TPSA) is 80.8 Å². The summed E-state index contributed by atoms with van der Waals surface area (Å²) in [5.41, 5.74) is 1.16. The van der Waals surface area contributed by atoms with Gasteiger partial charge in [-0.25, -0.2) is 4.98 Å². The van der Waals surface area contributed by atoms with Gasteiger partial charge in [0.05, 0.1) is 12.1 Å². The number of ether oxygens (including phenoxy) is 2. The number of fused-ring (bicyclic) bond motifs is 1. The Hall–Kier alpha value is -2.61. The zero-order valence-electron chi connectivity index (χ0n) is 14.9. The average Bonchev–Trinajstić information content (AvgIpc) is 3.22. The Morgan fingerprint density at radius 3 is 2.70 bits per heavy atom. The van der Waals surface area contributed by atoms with E-state index < -0.39 is 0 Å². The van der Waals surface area contributed by atoms with Crippen molar-refractivity contribution in [2.45, 2.75) is 32.1 Å². The van der Waals surface area contributed by atoms with Gasteiger partial charge in [0, 0.05) is 24.0 Å². The van der Waals surface area contributed by atoms with Gasteiger partial charge >= 0.3 is 0 Å². The summed E-state index contributed by atoms with van der Waals surface area (Å²) in [4.78, 5) is 31.2. The molecular weight excluding hydrogens is 366 g/mol. The maximum Gasteiger partial charge on any atom is 0.257 e. The minimum atomic E-state index is -0.270. The molecule has 27 heavy (non-hydrogen) atoms. The van der Waals surface area contributed by atoms with Crippen molar-refractivity contribution in [3.63, 3.8) is 0 Å². The molecular formula is C19H21N3O4S. The van der Waals surface area contributed by atoms with Crippen LogP contribution >= 0.6 is 11.3 Å². The number of rotatable bonds is 4. The molecule has 0 spiro atoms. The third-order valence-electron chi connectivity index (χ3n) is 4.70. The number of benzene rings is 1. The first-order valence-corrected chi connectivity index (χ1v) is 10.0. The third-order valence-corrected chi connectivity index (χ3v) is 5.50. The van der Waals surface area contributed by atoms with E-state index in [1.807, 2.05) is 10.3 Å². The minimum Gasteiger partial charge on any atom is -0.454 e. The molecule has 1 N–H and O–H groups in total. The Kier molecular flexibility index (Phi) is 5.24. The predicted molar refractivity (Wildman–Crippen MR) is 101 cm³/mol. The normalized spacial score (nSPS) is 16.1. The molecule has 8 heteroatoms. The van der Waals surface area contributed by atoms with Gasteiger partial charge in [0.1, 0.15) is 0 Å². The minimum absolute atomic E-state index is 0.107. The molecule has 1 aromatic carbocycles. The molecule has 3 heterocycles. The molecule has 142 valence electrons. The number of aromatic nitrogens is 1. The van der Waals surface area contributed by atoms with E-state index in [0.29, 0.717) is 27.9 Å². The van der Waals surface area contributed by atoms with Crippen LogP contribution in [0.3, 0.4) is 0 Å². The molecule has 0 bridgehead atoms. The fourth-order valence-electron chi connectivity index (χ4n) is 3.24. The summed E-state index contributed by atoms with van der Waals surface area (Å²) in [6, 6.07) is 5.04. The standard InChI is InChI=1S/C19H21N3O4S/c23-17(22-7-3-1-2-4-8-22)10-14-11-27-19(20-14)21-18(24)13-5-6-15-16(9-13)26-12-25-15/h5-6,9,11H,1-4,7-8,10,12H2,(H,20,21,24). The molecule has 2 aliphatic rings. The highest BCUT2D eigenvalue weighted by atomic mass is 32.1. The Labute approximate surface area is 161 Å². The highest BCUT2D eigenvalue weighted by Gasteiger charge is 2.19. The highest BCUT2D eigenvalue weighted by Crippen LogP contribution is 2.32. The molecule has 0 atom stereocenters. The maximum absolute atomic E-state index is 12.5. The molecule has 1 saturated heterocycles. The average molecular weight is 387 g/mol. The van der Waals surface area contributed by atoms with Crippen LogP contribution in [0.4, 0.5) is 5.13 Å². The number of nitrogens with zero attached hydrogens (tertiary/aromatic N) is 2. The first kappa shape index (κ1) is 17.8. The van der Waals surface area contributed by atoms with Gasteiger partial charge in [0.25, 0.3) is 5.91 Å². The Balaban J connectivity index is 1.36. The van der Waals surface area contributed by atoms with Crippen molar-refractivity contribution >= 4 is 28.3 Å². The molecule has 2 amide bonds. The number of likely N-dealkylation sites (tertiary alicyclic amines) is 1. The lowest BCUT2D eigenvalue weighted by Crippen LogP contribution is -2.33. The molecule has 0 unspecified atom stereocenters. The van der Waals surface area contributed by atoms with Crippen molar-refractivity contribution in [1.29, 1.82) is 0 Å². The molecule has 0 radical (unpaired) electrons. The molecule has 1 fully saturated rings. The number of thiazole rings is 1. The van der Waals surface area contributed by atoms with Crippen molar-refractivity contribution in [3.05, 3.63) is 34.8 Å².